The summed E-state index contributed by atoms with van der Waals surface area (Å²) in [7, 11) is 0. The zero-order valence-corrected chi connectivity index (χ0v) is 13.8. The number of esters is 1. The number of hydrogen-bond donors (Lipinski definition) is 1. The van der Waals surface area contributed by atoms with Gasteiger partial charge < -0.3 is 10.1 Å². The second-order valence-electron chi connectivity index (χ2n) is 4.36. The first kappa shape index (κ1) is 16.8. The van der Waals surface area contributed by atoms with Crippen molar-refractivity contribution in [1.82, 2.24) is 5.32 Å². The van der Waals surface area contributed by atoms with Crippen LogP contribution in [0.1, 0.15) is 15.2 Å². The van der Waals surface area contributed by atoms with Gasteiger partial charge in [0.1, 0.15) is 0 Å². The molecule has 4 nitrogen and oxygen atoms in total. The maximum atomic E-state index is 11.8. The number of halogens is 2. The Bertz CT molecular complexity index is 659. The number of benzene rings is 1. The highest BCUT2D eigenvalue weighted by atomic mass is 35.5. The van der Waals surface area contributed by atoms with Crippen LogP contribution in [0.2, 0.25) is 10.0 Å². The van der Waals surface area contributed by atoms with Crippen molar-refractivity contribution in [2.24, 2.45) is 0 Å². The lowest BCUT2D eigenvalue weighted by atomic mass is 10.2. The maximum absolute atomic E-state index is 11.8. The first-order valence-corrected chi connectivity index (χ1v) is 8.11. The van der Waals surface area contributed by atoms with Crippen LogP contribution in [-0.4, -0.2) is 25.0 Å². The number of ether oxygens (including phenoxy) is 1. The molecule has 1 amide bonds. The quantitative estimate of drug-likeness (QED) is 0.804. The van der Waals surface area contributed by atoms with Crippen LogP contribution in [0.15, 0.2) is 35.7 Å². The molecule has 2 rings (SSSR count). The van der Waals surface area contributed by atoms with E-state index in [0.29, 0.717) is 6.54 Å². The number of carbonyl (C=O) groups is 2. The van der Waals surface area contributed by atoms with Gasteiger partial charge in [0, 0.05) is 11.4 Å². The molecule has 1 aromatic carbocycles. The molecule has 0 aliphatic heterocycles. The molecule has 0 saturated heterocycles. The van der Waals surface area contributed by atoms with E-state index in [2.05, 4.69) is 5.32 Å². The van der Waals surface area contributed by atoms with E-state index >= 15 is 0 Å². The molecule has 2 aromatic rings. The topological polar surface area (TPSA) is 55.4 Å². The van der Waals surface area contributed by atoms with Crippen molar-refractivity contribution in [1.29, 1.82) is 0 Å². The predicted octanol–water partition coefficient (Wildman–Crippen LogP) is 3.57. The molecule has 0 spiro atoms. The average molecular weight is 358 g/mol. The Morgan fingerprint density at radius 1 is 1.18 bits per heavy atom. The summed E-state index contributed by atoms with van der Waals surface area (Å²) in [5.74, 6) is -1.04. The molecule has 0 atom stereocenters. The summed E-state index contributed by atoms with van der Waals surface area (Å²) in [6.07, 6.45) is 0.747. The van der Waals surface area contributed by atoms with Gasteiger partial charge in [0.2, 0.25) is 0 Å². The molecule has 1 aromatic heterocycles. The normalized spacial score (nSPS) is 10.3. The van der Waals surface area contributed by atoms with Gasteiger partial charge >= 0.3 is 5.97 Å². The molecule has 1 N–H and O–H groups in total. The molecule has 7 heteroatoms. The molecule has 0 unspecified atom stereocenters. The van der Waals surface area contributed by atoms with Crippen LogP contribution in [-0.2, 0) is 16.0 Å². The van der Waals surface area contributed by atoms with Crippen LogP contribution in [0.3, 0.4) is 0 Å². The summed E-state index contributed by atoms with van der Waals surface area (Å²) in [5.41, 5.74) is 0.139. The summed E-state index contributed by atoms with van der Waals surface area (Å²) >= 11 is 13.4. The molecule has 0 radical (unpaired) electrons. The Hall–Kier alpha value is -1.56. The van der Waals surface area contributed by atoms with Crippen LogP contribution in [0.25, 0.3) is 0 Å². The fourth-order valence-electron chi connectivity index (χ4n) is 1.70. The lowest BCUT2D eigenvalue weighted by Crippen LogP contribution is -2.30. The number of rotatable bonds is 6. The van der Waals surface area contributed by atoms with Gasteiger partial charge in [-0.2, -0.15) is 0 Å². The second-order valence-corrected chi connectivity index (χ2v) is 6.17. The van der Waals surface area contributed by atoms with Gasteiger partial charge in [-0.1, -0.05) is 35.3 Å². The number of hydrogen-bond acceptors (Lipinski definition) is 4. The van der Waals surface area contributed by atoms with E-state index in [4.69, 9.17) is 27.9 Å². The highest BCUT2D eigenvalue weighted by Crippen LogP contribution is 2.25. The average Bonchev–Trinajstić information content (AvgIpc) is 3.01. The third-order valence-electron chi connectivity index (χ3n) is 2.78. The predicted molar refractivity (Wildman–Crippen MR) is 87.8 cm³/mol. The van der Waals surface area contributed by atoms with E-state index < -0.39 is 5.97 Å². The highest BCUT2D eigenvalue weighted by molar-refractivity contribution is 7.09. The summed E-state index contributed by atoms with van der Waals surface area (Å²) in [4.78, 5) is 24.6. The van der Waals surface area contributed by atoms with Crippen molar-refractivity contribution >= 4 is 46.4 Å². The van der Waals surface area contributed by atoms with Gasteiger partial charge in [-0.15, -0.1) is 11.3 Å². The van der Waals surface area contributed by atoms with Crippen LogP contribution < -0.4 is 5.32 Å². The fraction of sp³-hybridized carbons (Fsp3) is 0.200. The van der Waals surface area contributed by atoms with Gasteiger partial charge in [-0.3, -0.25) is 4.79 Å². The van der Waals surface area contributed by atoms with Crippen LogP contribution in [0.4, 0.5) is 0 Å². The van der Waals surface area contributed by atoms with Crippen molar-refractivity contribution in [3.63, 3.8) is 0 Å². The summed E-state index contributed by atoms with van der Waals surface area (Å²) in [5, 5.41) is 5.04. The molecule has 0 bridgehead atoms. The summed E-state index contributed by atoms with van der Waals surface area (Å²) < 4.78 is 4.92. The highest BCUT2D eigenvalue weighted by Gasteiger charge is 2.15. The van der Waals surface area contributed by atoms with Crippen molar-refractivity contribution < 1.29 is 14.3 Å². The third-order valence-corrected chi connectivity index (χ3v) is 4.53. The number of carbonyl (C=O) groups excluding carboxylic acids is 2. The van der Waals surface area contributed by atoms with Crippen molar-refractivity contribution in [2.75, 3.05) is 13.2 Å². The van der Waals surface area contributed by atoms with E-state index in [1.165, 1.54) is 10.9 Å². The Labute approximate surface area is 142 Å². The Morgan fingerprint density at radius 3 is 2.73 bits per heavy atom. The zero-order valence-electron chi connectivity index (χ0n) is 11.5. The van der Waals surface area contributed by atoms with Crippen LogP contribution in [0.5, 0.6) is 0 Å². The minimum absolute atomic E-state index is 0.118. The largest absolute Gasteiger partial charge is 0.452 e. The van der Waals surface area contributed by atoms with Crippen molar-refractivity contribution in [2.45, 2.75) is 6.42 Å². The molecular formula is C15H13Cl2NO3S. The zero-order chi connectivity index (χ0) is 15.9. The van der Waals surface area contributed by atoms with Gasteiger partial charge in [0.05, 0.1) is 15.6 Å². The van der Waals surface area contributed by atoms with E-state index in [1.807, 2.05) is 17.5 Å². The monoisotopic (exact) mass is 357 g/mol. The van der Waals surface area contributed by atoms with E-state index in [0.717, 1.165) is 6.42 Å². The Kier molecular flexibility index (Phi) is 6.24. The van der Waals surface area contributed by atoms with Crippen LogP contribution in [0, 0.1) is 0 Å². The molecule has 0 aliphatic rings. The van der Waals surface area contributed by atoms with E-state index in [9.17, 15) is 9.59 Å². The van der Waals surface area contributed by atoms with Gasteiger partial charge in [0.25, 0.3) is 5.91 Å². The van der Waals surface area contributed by atoms with E-state index in [1.54, 1.807) is 23.5 Å². The molecular weight excluding hydrogens is 345 g/mol. The second kappa shape index (κ2) is 8.17. The summed E-state index contributed by atoms with van der Waals surface area (Å²) in [6.45, 7) is 0.140. The molecule has 0 fully saturated rings. The first-order valence-electron chi connectivity index (χ1n) is 6.48. The van der Waals surface area contributed by atoms with Gasteiger partial charge in [-0.05, 0) is 30.0 Å². The molecule has 0 aliphatic carbocycles. The van der Waals surface area contributed by atoms with Crippen molar-refractivity contribution in [3.8, 4) is 0 Å². The third kappa shape index (κ3) is 4.73. The molecule has 0 saturated carbocycles. The number of amides is 1. The fourth-order valence-corrected chi connectivity index (χ4v) is 2.79. The number of nitrogens with one attached hydrogen (secondary N) is 1. The minimum atomic E-state index is -0.680. The lowest BCUT2D eigenvalue weighted by Gasteiger charge is -2.07. The molecule has 1 heterocycles. The Morgan fingerprint density at radius 2 is 2.00 bits per heavy atom. The lowest BCUT2D eigenvalue weighted by molar-refractivity contribution is -0.124. The summed E-state index contributed by atoms with van der Waals surface area (Å²) in [6, 6.07) is 8.60. The maximum Gasteiger partial charge on any atom is 0.340 e. The number of thiophene rings is 1. The van der Waals surface area contributed by atoms with Crippen LogP contribution >= 0.6 is 34.5 Å². The first-order chi connectivity index (χ1) is 10.6. The Balaban J connectivity index is 1.76. The molecule has 116 valence electrons. The van der Waals surface area contributed by atoms with E-state index in [-0.39, 0.29) is 28.1 Å². The standard InChI is InChI=1S/C15H13Cl2NO3S/c16-12-5-1-4-11(14(12)17)15(20)21-9-13(19)18-7-6-10-3-2-8-22-10/h1-5,8H,6-7,9H2,(H,18,19). The van der Waals surface area contributed by atoms with Gasteiger partial charge in [-0.25, -0.2) is 4.79 Å². The molecule has 22 heavy (non-hydrogen) atoms. The SMILES string of the molecule is O=C(COC(=O)c1cccc(Cl)c1Cl)NCCc1cccs1. The van der Waals surface area contributed by atoms with Gasteiger partial charge in [0.15, 0.2) is 6.61 Å². The minimum Gasteiger partial charge on any atom is -0.452 e. The van der Waals surface area contributed by atoms with Crippen molar-refractivity contribution in [3.05, 3.63) is 56.2 Å². The smallest absolute Gasteiger partial charge is 0.340 e.